The number of aliphatic carboxylic acids is 1. The van der Waals surface area contributed by atoms with Crippen LogP contribution in [0.3, 0.4) is 0 Å². The minimum Gasteiger partial charge on any atom is -0.475 e. The standard InChI is InChI=1S/C5H9O9P/c6-2(1-14-15(11,12)13)3(7)4(8)5(9)10/h2-3,6-7H,1H2,(H,9,10)(H2,11,12,13)/t2-,3+/m1/s1. The molecule has 0 aliphatic heterocycles. The summed E-state index contributed by atoms with van der Waals surface area (Å²) in [7, 11) is -4.84. The molecule has 15 heavy (non-hydrogen) atoms. The predicted molar refractivity (Wildman–Crippen MR) is 42.7 cm³/mol. The van der Waals surface area contributed by atoms with Gasteiger partial charge in [0.25, 0.3) is 5.78 Å². The Labute approximate surface area is 83.2 Å². The predicted octanol–water partition coefficient (Wildman–Crippen LogP) is -2.53. The second-order valence-corrected chi connectivity index (χ2v) is 3.71. The Hall–Kier alpha value is -0.830. The van der Waals surface area contributed by atoms with E-state index in [1.807, 2.05) is 0 Å². The second kappa shape index (κ2) is 5.31. The molecule has 0 radical (unpaired) electrons. The molecule has 0 heterocycles. The number of carbonyl (C=O) groups is 2. The first kappa shape index (κ1) is 14.2. The molecule has 88 valence electrons. The smallest absolute Gasteiger partial charge is 0.469 e. The molecular weight excluding hydrogens is 235 g/mol. The van der Waals surface area contributed by atoms with Gasteiger partial charge in [0, 0.05) is 0 Å². The third-order valence-corrected chi connectivity index (χ3v) is 1.74. The third kappa shape index (κ3) is 5.57. The fourth-order valence-electron chi connectivity index (χ4n) is 0.566. The number of aliphatic hydroxyl groups excluding tert-OH is 2. The van der Waals surface area contributed by atoms with E-state index in [0.717, 1.165) is 0 Å². The number of carboxylic acids is 1. The number of carbonyl (C=O) groups excluding carboxylic acids is 1. The van der Waals surface area contributed by atoms with Crippen molar-refractivity contribution in [1.29, 1.82) is 0 Å². The SMILES string of the molecule is O=C(O)C(=O)[C@@H](O)[C@H](O)COP(=O)(O)O. The Balaban J connectivity index is 4.22. The summed E-state index contributed by atoms with van der Waals surface area (Å²) in [5, 5.41) is 25.9. The molecule has 5 N–H and O–H groups in total. The summed E-state index contributed by atoms with van der Waals surface area (Å²) in [6.45, 7) is -1.07. The zero-order chi connectivity index (χ0) is 12.2. The molecule has 0 aliphatic rings. The van der Waals surface area contributed by atoms with Gasteiger partial charge < -0.3 is 25.1 Å². The first-order valence-electron chi connectivity index (χ1n) is 3.48. The third-order valence-electron chi connectivity index (χ3n) is 1.26. The second-order valence-electron chi connectivity index (χ2n) is 2.47. The fraction of sp³-hybridized carbons (Fsp3) is 0.600. The van der Waals surface area contributed by atoms with Crippen LogP contribution in [0.15, 0.2) is 0 Å². The van der Waals surface area contributed by atoms with Gasteiger partial charge in [0.2, 0.25) is 0 Å². The summed E-state index contributed by atoms with van der Waals surface area (Å²) < 4.78 is 13.9. The maximum absolute atomic E-state index is 10.5. The first-order valence-corrected chi connectivity index (χ1v) is 5.01. The van der Waals surface area contributed by atoms with Crippen LogP contribution in [0.25, 0.3) is 0 Å². The summed E-state index contributed by atoms with van der Waals surface area (Å²) in [4.78, 5) is 37.0. The molecule has 0 unspecified atom stereocenters. The van der Waals surface area contributed by atoms with Crippen molar-refractivity contribution < 1.29 is 43.8 Å². The van der Waals surface area contributed by atoms with Crippen LogP contribution in [-0.2, 0) is 18.7 Å². The van der Waals surface area contributed by atoms with E-state index in [9.17, 15) is 14.2 Å². The molecule has 0 fully saturated rings. The minimum absolute atomic E-state index is 1.07. The highest BCUT2D eigenvalue weighted by molar-refractivity contribution is 7.46. The molecule has 9 nitrogen and oxygen atoms in total. The van der Waals surface area contributed by atoms with Gasteiger partial charge in [-0.05, 0) is 0 Å². The van der Waals surface area contributed by atoms with E-state index in [1.165, 1.54) is 0 Å². The van der Waals surface area contributed by atoms with Gasteiger partial charge in [-0.15, -0.1) is 0 Å². The van der Waals surface area contributed by atoms with Crippen LogP contribution in [0.1, 0.15) is 0 Å². The van der Waals surface area contributed by atoms with Crippen molar-refractivity contribution in [3.05, 3.63) is 0 Å². The molecule has 0 aliphatic carbocycles. The molecule has 0 spiro atoms. The molecule has 0 aromatic rings. The van der Waals surface area contributed by atoms with Crippen LogP contribution in [0.4, 0.5) is 0 Å². The number of rotatable bonds is 6. The van der Waals surface area contributed by atoms with Crippen molar-refractivity contribution in [2.24, 2.45) is 0 Å². The van der Waals surface area contributed by atoms with Gasteiger partial charge in [-0.1, -0.05) is 0 Å². The van der Waals surface area contributed by atoms with E-state index in [2.05, 4.69) is 4.52 Å². The lowest BCUT2D eigenvalue weighted by atomic mass is 10.1. The summed E-state index contributed by atoms with van der Waals surface area (Å²) in [6.07, 6.45) is -4.32. The number of Topliss-reactive ketones (excluding diaryl/α,β-unsaturated/α-hetero) is 1. The van der Waals surface area contributed by atoms with Crippen LogP contribution >= 0.6 is 7.82 Å². The highest BCUT2D eigenvalue weighted by atomic mass is 31.2. The van der Waals surface area contributed by atoms with E-state index < -0.39 is 38.4 Å². The highest BCUT2D eigenvalue weighted by Crippen LogP contribution is 2.35. The van der Waals surface area contributed by atoms with Crippen molar-refractivity contribution in [3.63, 3.8) is 0 Å². The minimum atomic E-state index is -4.84. The normalized spacial score (nSPS) is 15.7. The molecule has 2 atom stereocenters. The molecule has 0 saturated heterocycles. The first-order chi connectivity index (χ1) is 6.65. The molecule has 0 bridgehead atoms. The van der Waals surface area contributed by atoms with Crippen LogP contribution in [0, 0.1) is 0 Å². The van der Waals surface area contributed by atoms with Gasteiger partial charge in [-0.25, -0.2) is 9.36 Å². The lowest BCUT2D eigenvalue weighted by Crippen LogP contribution is -2.40. The van der Waals surface area contributed by atoms with Crippen molar-refractivity contribution in [2.45, 2.75) is 12.2 Å². The largest absolute Gasteiger partial charge is 0.475 e. The number of carboxylic acid groups (broad SMARTS) is 1. The Bertz CT molecular complexity index is 293. The van der Waals surface area contributed by atoms with E-state index in [0.29, 0.717) is 0 Å². The molecular formula is C5H9O9P. The van der Waals surface area contributed by atoms with Crippen molar-refractivity contribution in [2.75, 3.05) is 6.61 Å². The Morgan fingerprint density at radius 3 is 2.07 bits per heavy atom. The Morgan fingerprint density at radius 1 is 1.27 bits per heavy atom. The monoisotopic (exact) mass is 244 g/mol. The topological polar surface area (TPSA) is 162 Å². The molecule has 0 aromatic carbocycles. The lowest BCUT2D eigenvalue weighted by Gasteiger charge is -2.15. The van der Waals surface area contributed by atoms with Crippen LogP contribution in [-0.4, -0.2) is 55.7 Å². The quantitative estimate of drug-likeness (QED) is 0.250. The lowest BCUT2D eigenvalue weighted by molar-refractivity contribution is -0.156. The van der Waals surface area contributed by atoms with Gasteiger partial charge >= 0.3 is 13.8 Å². The molecule has 0 aromatic heterocycles. The van der Waals surface area contributed by atoms with Crippen LogP contribution in [0.2, 0.25) is 0 Å². The maximum Gasteiger partial charge on any atom is 0.469 e. The summed E-state index contributed by atoms with van der Waals surface area (Å²) in [5.74, 6) is -3.67. The summed E-state index contributed by atoms with van der Waals surface area (Å²) in [6, 6.07) is 0. The zero-order valence-corrected chi connectivity index (χ0v) is 8.07. The van der Waals surface area contributed by atoms with E-state index in [-0.39, 0.29) is 0 Å². The van der Waals surface area contributed by atoms with E-state index in [1.54, 1.807) is 0 Å². The van der Waals surface area contributed by atoms with Gasteiger partial charge in [0.05, 0.1) is 6.61 Å². The number of hydrogen-bond acceptors (Lipinski definition) is 6. The van der Waals surface area contributed by atoms with Crippen molar-refractivity contribution >= 4 is 19.6 Å². The van der Waals surface area contributed by atoms with Gasteiger partial charge in [-0.2, -0.15) is 0 Å². The molecule has 0 rings (SSSR count). The maximum atomic E-state index is 10.5. The number of ketones is 1. The molecule has 0 amide bonds. The number of hydrogen-bond donors (Lipinski definition) is 5. The van der Waals surface area contributed by atoms with E-state index >= 15 is 0 Å². The number of phosphoric acid groups is 1. The zero-order valence-electron chi connectivity index (χ0n) is 7.18. The number of aliphatic hydroxyl groups is 2. The Kier molecular flexibility index (Phi) is 5.01. The van der Waals surface area contributed by atoms with Gasteiger partial charge in [-0.3, -0.25) is 9.32 Å². The molecule has 0 saturated carbocycles. The van der Waals surface area contributed by atoms with Crippen molar-refractivity contribution in [3.8, 4) is 0 Å². The summed E-state index contributed by atoms with van der Waals surface area (Å²) >= 11 is 0. The van der Waals surface area contributed by atoms with Crippen LogP contribution < -0.4 is 0 Å². The average molecular weight is 244 g/mol. The average Bonchev–Trinajstić information content (AvgIpc) is 2.10. The fourth-order valence-corrected chi connectivity index (χ4v) is 0.913. The highest BCUT2D eigenvalue weighted by Gasteiger charge is 2.31. The Morgan fingerprint density at radius 2 is 1.73 bits per heavy atom. The van der Waals surface area contributed by atoms with Crippen molar-refractivity contribution in [1.82, 2.24) is 0 Å². The number of phosphoric ester groups is 1. The van der Waals surface area contributed by atoms with E-state index in [4.69, 9.17) is 25.1 Å². The van der Waals surface area contributed by atoms with Crippen LogP contribution in [0.5, 0.6) is 0 Å². The van der Waals surface area contributed by atoms with Gasteiger partial charge in [0.1, 0.15) is 6.10 Å². The molecule has 10 heteroatoms. The summed E-state index contributed by atoms with van der Waals surface area (Å²) in [5.41, 5.74) is 0. The van der Waals surface area contributed by atoms with Gasteiger partial charge in [0.15, 0.2) is 6.10 Å².